The van der Waals surface area contributed by atoms with Crippen molar-refractivity contribution in [1.82, 2.24) is 9.21 Å². The highest BCUT2D eigenvalue weighted by Crippen LogP contribution is 2.21. The van der Waals surface area contributed by atoms with Crippen LogP contribution in [0.25, 0.3) is 0 Å². The topological polar surface area (TPSA) is 66.9 Å². The second-order valence-corrected chi connectivity index (χ2v) is 7.36. The highest BCUT2D eigenvalue weighted by atomic mass is 32.2. The molecule has 22 heavy (non-hydrogen) atoms. The second-order valence-electron chi connectivity index (χ2n) is 5.42. The Hall–Kier alpha value is -1.60. The van der Waals surface area contributed by atoms with E-state index in [4.69, 9.17) is 4.74 Å². The molecule has 0 aromatic heterocycles. The summed E-state index contributed by atoms with van der Waals surface area (Å²) in [5.41, 5.74) is 0. The molecule has 1 aromatic carbocycles. The molecular formula is C15H22N2O4S. The van der Waals surface area contributed by atoms with Gasteiger partial charge in [0.1, 0.15) is 5.75 Å². The number of carbonyl (C=O) groups is 1. The molecule has 1 aliphatic heterocycles. The molecule has 2 rings (SSSR count). The Morgan fingerprint density at radius 2 is 1.82 bits per heavy atom. The van der Waals surface area contributed by atoms with Gasteiger partial charge in [-0.1, -0.05) is 0 Å². The molecule has 0 bridgehead atoms. The van der Waals surface area contributed by atoms with Crippen molar-refractivity contribution in [3.05, 3.63) is 24.3 Å². The summed E-state index contributed by atoms with van der Waals surface area (Å²) in [6.45, 7) is 6.88. The van der Waals surface area contributed by atoms with E-state index in [2.05, 4.69) is 0 Å². The van der Waals surface area contributed by atoms with E-state index in [-0.39, 0.29) is 23.4 Å². The Bertz CT molecular complexity index is 625. The number of nitrogens with zero attached hydrogens (tertiary/aromatic N) is 2. The van der Waals surface area contributed by atoms with E-state index in [1.54, 1.807) is 17.0 Å². The van der Waals surface area contributed by atoms with Crippen molar-refractivity contribution in [1.29, 1.82) is 0 Å². The van der Waals surface area contributed by atoms with Crippen molar-refractivity contribution in [2.75, 3.05) is 26.2 Å². The van der Waals surface area contributed by atoms with Crippen molar-refractivity contribution in [3.8, 4) is 5.75 Å². The molecule has 0 atom stereocenters. The number of sulfonamides is 1. The van der Waals surface area contributed by atoms with Gasteiger partial charge in [-0.05, 0) is 45.0 Å². The van der Waals surface area contributed by atoms with Crippen molar-refractivity contribution in [2.24, 2.45) is 0 Å². The minimum absolute atomic E-state index is 0.0860. The van der Waals surface area contributed by atoms with Crippen LogP contribution in [0.4, 0.5) is 0 Å². The molecule has 1 aromatic rings. The highest BCUT2D eigenvalue weighted by Gasteiger charge is 2.33. The van der Waals surface area contributed by atoms with Crippen LogP contribution in [-0.4, -0.2) is 55.8 Å². The van der Waals surface area contributed by atoms with Gasteiger partial charge in [-0.3, -0.25) is 4.79 Å². The van der Waals surface area contributed by atoms with Crippen LogP contribution in [0, 0.1) is 0 Å². The first kappa shape index (κ1) is 16.8. The molecule has 0 radical (unpaired) electrons. The van der Waals surface area contributed by atoms with Gasteiger partial charge in [0.25, 0.3) is 0 Å². The van der Waals surface area contributed by atoms with Crippen LogP contribution in [0.5, 0.6) is 5.75 Å². The Morgan fingerprint density at radius 3 is 2.32 bits per heavy atom. The second kappa shape index (κ2) is 6.66. The van der Waals surface area contributed by atoms with E-state index in [1.165, 1.54) is 16.4 Å². The molecule has 122 valence electrons. The van der Waals surface area contributed by atoms with Gasteiger partial charge >= 0.3 is 0 Å². The summed E-state index contributed by atoms with van der Waals surface area (Å²) < 4.78 is 31.7. The van der Waals surface area contributed by atoms with Crippen molar-refractivity contribution in [2.45, 2.75) is 31.7 Å². The Labute approximate surface area is 131 Å². The van der Waals surface area contributed by atoms with Crippen molar-refractivity contribution in [3.63, 3.8) is 0 Å². The van der Waals surface area contributed by atoms with Gasteiger partial charge in [-0.2, -0.15) is 4.31 Å². The number of ether oxygens (including phenoxy) is 1. The van der Waals surface area contributed by atoms with Gasteiger partial charge in [-0.25, -0.2) is 8.42 Å². The monoisotopic (exact) mass is 326 g/mol. The van der Waals surface area contributed by atoms with E-state index < -0.39 is 10.0 Å². The summed E-state index contributed by atoms with van der Waals surface area (Å²) >= 11 is 0. The van der Waals surface area contributed by atoms with E-state index in [9.17, 15) is 13.2 Å². The average molecular weight is 326 g/mol. The Morgan fingerprint density at radius 1 is 1.18 bits per heavy atom. The molecule has 1 amide bonds. The van der Waals surface area contributed by atoms with Gasteiger partial charge in [0.05, 0.1) is 18.0 Å². The van der Waals surface area contributed by atoms with E-state index in [0.717, 1.165) is 0 Å². The highest BCUT2D eigenvalue weighted by molar-refractivity contribution is 7.89. The molecule has 0 saturated carbocycles. The van der Waals surface area contributed by atoms with Crippen molar-refractivity contribution < 1.29 is 17.9 Å². The first-order chi connectivity index (χ1) is 10.4. The minimum Gasteiger partial charge on any atom is -0.494 e. The lowest BCUT2D eigenvalue weighted by atomic mass is 10.2. The molecule has 0 N–H and O–H groups in total. The summed E-state index contributed by atoms with van der Waals surface area (Å²) in [7, 11) is -3.65. The summed E-state index contributed by atoms with van der Waals surface area (Å²) in [4.78, 5) is 13.9. The number of hydrogen-bond acceptors (Lipinski definition) is 4. The molecule has 0 unspecified atom stereocenters. The number of benzene rings is 1. The predicted molar refractivity (Wildman–Crippen MR) is 83.2 cm³/mol. The lowest BCUT2D eigenvalue weighted by Crippen LogP contribution is -2.54. The molecule has 0 spiro atoms. The average Bonchev–Trinajstić information content (AvgIpc) is 2.47. The molecule has 6 nitrogen and oxygen atoms in total. The normalized spacial score (nSPS) is 17.1. The van der Waals surface area contributed by atoms with Gasteiger partial charge in [0, 0.05) is 19.1 Å². The zero-order valence-corrected chi connectivity index (χ0v) is 14.0. The quantitative estimate of drug-likeness (QED) is 0.819. The van der Waals surface area contributed by atoms with Crippen LogP contribution >= 0.6 is 0 Å². The maximum absolute atomic E-state index is 12.6. The first-order valence-electron chi connectivity index (χ1n) is 7.38. The van der Waals surface area contributed by atoms with Crippen LogP contribution in [0.1, 0.15) is 20.8 Å². The van der Waals surface area contributed by atoms with Crippen LogP contribution in [0.3, 0.4) is 0 Å². The van der Waals surface area contributed by atoms with Crippen LogP contribution in [0.2, 0.25) is 0 Å². The van der Waals surface area contributed by atoms with Gasteiger partial charge in [0.15, 0.2) is 0 Å². The van der Waals surface area contributed by atoms with Gasteiger partial charge in [-0.15, -0.1) is 0 Å². The van der Waals surface area contributed by atoms with E-state index in [1.807, 2.05) is 20.8 Å². The third kappa shape index (κ3) is 3.41. The van der Waals surface area contributed by atoms with Crippen LogP contribution in [0.15, 0.2) is 29.2 Å². The number of rotatable bonds is 5. The fourth-order valence-electron chi connectivity index (χ4n) is 2.44. The summed E-state index contributed by atoms with van der Waals surface area (Å²) in [6, 6.07) is 6.37. The lowest BCUT2D eigenvalue weighted by Gasteiger charge is -2.35. The number of amides is 1. The summed E-state index contributed by atoms with van der Waals surface area (Å²) in [5.74, 6) is 0.470. The first-order valence-corrected chi connectivity index (χ1v) is 8.82. The standard InChI is InChI=1S/C15H22N2O4S/c1-4-21-13-5-7-14(8-6-13)22(19,20)16-9-10-17(12(2)3)15(18)11-16/h5-8,12H,4,9-11H2,1-3H3. The molecule has 7 heteroatoms. The summed E-state index contributed by atoms with van der Waals surface area (Å²) in [5, 5.41) is 0. The maximum Gasteiger partial charge on any atom is 0.243 e. The summed E-state index contributed by atoms with van der Waals surface area (Å²) in [6.07, 6.45) is 0. The van der Waals surface area contributed by atoms with Gasteiger partial charge < -0.3 is 9.64 Å². The minimum atomic E-state index is -3.65. The number of piperazine rings is 1. The van der Waals surface area contributed by atoms with Gasteiger partial charge in [0.2, 0.25) is 15.9 Å². The fraction of sp³-hybridized carbons (Fsp3) is 0.533. The van der Waals surface area contributed by atoms with E-state index in [0.29, 0.717) is 25.4 Å². The van der Waals surface area contributed by atoms with Crippen molar-refractivity contribution >= 4 is 15.9 Å². The molecule has 1 saturated heterocycles. The molecule has 0 aliphatic carbocycles. The Balaban J connectivity index is 2.15. The zero-order chi connectivity index (χ0) is 16.3. The van der Waals surface area contributed by atoms with E-state index >= 15 is 0 Å². The SMILES string of the molecule is CCOc1ccc(S(=O)(=O)N2CCN(C(C)C)C(=O)C2)cc1. The third-order valence-corrected chi connectivity index (χ3v) is 5.48. The smallest absolute Gasteiger partial charge is 0.243 e. The lowest BCUT2D eigenvalue weighted by molar-refractivity contribution is -0.135. The van der Waals surface area contributed by atoms with Crippen LogP contribution < -0.4 is 4.74 Å². The molecule has 1 fully saturated rings. The predicted octanol–water partition coefficient (Wildman–Crippen LogP) is 1.33. The largest absolute Gasteiger partial charge is 0.494 e. The third-order valence-electron chi connectivity index (χ3n) is 3.62. The molecular weight excluding hydrogens is 304 g/mol. The molecule has 1 aliphatic rings. The number of carbonyl (C=O) groups excluding carboxylic acids is 1. The zero-order valence-electron chi connectivity index (χ0n) is 13.2. The fourth-order valence-corrected chi connectivity index (χ4v) is 3.82. The molecule has 1 heterocycles. The number of hydrogen-bond donors (Lipinski definition) is 0. The Kier molecular flexibility index (Phi) is 5.08. The maximum atomic E-state index is 12.6. The van der Waals surface area contributed by atoms with Crippen LogP contribution in [-0.2, 0) is 14.8 Å².